The lowest BCUT2D eigenvalue weighted by Crippen LogP contribution is -2.48. The Kier molecular flexibility index (Phi) is 9.59. The number of H-pyrrole nitrogens is 1. The number of amides is 1. The summed E-state index contributed by atoms with van der Waals surface area (Å²) in [6.45, 7) is 2.85. The highest BCUT2D eigenvalue weighted by atomic mass is 16.7. The monoisotopic (exact) mass is 599 g/mol. The third-order valence-electron chi connectivity index (χ3n) is 8.60. The van der Waals surface area contributed by atoms with Gasteiger partial charge in [-0.15, -0.1) is 0 Å². The summed E-state index contributed by atoms with van der Waals surface area (Å²) in [4.78, 5) is 22.9. The smallest absolute Gasteiger partial charge is 0.240 e. The fourth-order valence-corrected chi connectivity index (χ4v) is 6.23. The molecule has 44 heavy (non-hydrogen) atoms. The van der Waals surface area contributed by atoms with Crippen molar-refractivity contribution in [2.75, 3.05) is 19.8 Å². The summed E-state index contributed by atoms with van der Waals surface area (Å²) < 4.78 is 11.6. The van der Waals surface area contributed by atoms with Crippen LogP contribution in [0.1, 0.15) is 37.3 Å². The minimum absolute atomic E-state index is 0.175. The van der Waals surface area contributed by atoms with E-state index in [1.54, 1.807) is 12.0 Å². The predicted molar refractivity (Wildman–Crippen MR) is 168 cm³/mol. The van der Waals surface area contributed by atoms with Crippen LogP contribution in [0.15, 0.2) is 79.0 Å². The summed E-state index contributed by atoms with van der Waals surface area (Å²) in [5, 5.41) is 26.4. The Morgan fingerprint density at radius 3 is 2.52 bits per heavy atom. The number of nitrogens with zero attached hydrogens (tertiary/aromatic N) is 1. The highest BCUT2D eigenvalue weighted by molar-refractivity contribution is 5.84. The highest BCUT2D eigenvalue weighted by Gasteiger charge is 2.48. The van der Waals surface area contributed by atoms with Crippen molar-refractivity contribution >= 4 is 16.8 Å². The maximum Gasteiger partial charge on any atom is 0.240 e. The first kappa shape index (κ1) is 30.3. The number of benzene rings is 3. The molecule has 0 radical (unpaired) electrons. The van der Waals surface area contributed by atoms with Crippen molar-refractivity contribution in [2.24, 2.45) is 5.92 Å². The second kappa shape index (κ2) is 13.9. The second-order valence-electron chi connectivity index (χ2n) is 11.7. The Bertz CT molecular complexity index is 1510. The molecule has 0 spiro atoms. The van der Waals surface area contributed by atoms with Crippen LogP contribution in [-0.4, -0.2) is 70.5 Å². The first-order valence-corrected chi connectivity index (χ1v) is 15.5. The average molecular weight is 600 g/mol. The molecule has 2 aliphatic rings. The quantitative estimate of drug-likeness (QED) is 0.200. The first-order valence-electron chi connectivity index (χ1n) is 15.5. The number of hydroxylamine groups is 2. The molecule has 3 aromatic carbocycles. The third kappa shape index (κ3) is 6.82. The van der Waals surface area contributed by atoms with Gasteiger partial charge < -0.3 is 30.0 Å². The molecule has 2 fully saturated rings. The minimum atomic E-state index is -0.849. The SMILES string of the molecule is C[C@@H](O)[C@H]1ON(Cc2ccc(-c3ccc(OC4CCCCO4)cc3)cc2)[C@@H](C(=O)NCCc2c[nH]c3ccccc23)[C@H]1CO. The van der Waals surface area contributed by atoms with Gasteiger partial charge in [-0.1, -0.05) is 54.6 Å². The number of hydrogen-bond acceptors (Lipinski definition) is 7. The standard InChI is InChI=1S/C35H41N3O6/c1-23(40)34-30(22-39)33(35(41)36-18-17-27-20-37-31-7-3-2-6-29(27)31)38(44-34)21-24-9-11-25(12-10-24)26-13-15-28(16-14-26)43-32-8-4-5-19-42-32/h2-3,6-7,9-16,20,23,30,32-34,37,39-40H,4-5,8,17-19,21-22H2,1H3,(H,36,41)/t23-,30-,32?,33-,34-/m1/s1. The van der Waals surface area contributed by atoms with E-state index < -0.39 is 24.2 Å². The van der Waals surface area contributed by atoms with Crippen LogP contribution in [0.3, 0.4) is 0 Å². The molecule has 6 rings (SSSR count). The maximum atomic E-state index is 13.5. The molecule has 9 heteroatoms. The molecule has 1 unspecified atom stereocenters. The van der Waals surface area contributed by atoms with Gasteiger partial charge in [0.1, 0.15) is 17.9 Å². The van der Waals surface area contributed by atoms with Crippen LogP contribution in [0.25, 0.3) is 22.0 Å². The number of aliphatic hydroxyl groups is 2. The fraction of sp³-hybridized carbons (Fsp3) is 0.400. The van der Waals surface area contributed by atoms with E-state index in [1.165, 1.54) is 0 Å². The summed E-state index contributed by atoms with van der Waals surface area (Å²) >= 11 is 0. The van der Waals surface area contributed by atoms with Gasteiger partial charge in [0.25, 0.3) is 0 Å². The number of carbonyl (C=O) groups is 1. The molecule has 0 saturated carbocycles. The van der Waals surface area contributed by atoms with Gasteiger partial charge in [0, 0.05) is 36.0 Å². The molecule has 9 nitrogen and oxygen atoms in total. The number of para-hydroxylation sites is 1. The van der Waals surface area contributed by atoms with Crippen LogP contribution in [0.2, 0.25) is 0 Å². The number of aromatic amines is 1. The van der Waals surface area contributed by atoms with Crippen molar-refractivity contribution in [1.82, 2.24) is 15.4 Å². The van der Waals surface area contributed by atoms with Crippen molar-refractivity contribution in [3.8, 4) is 16.9 Å². The van der Waals surface area contributed by atoms with E-state index >= 15 is 0 Å². The molecule has 1 aromatic heterocycles. The van der Waals surface area contributed by atoms with Gasteiger partial charge in [0.2, 0.25) is 5.91 Å². The van der Waals surface area contributed by atoms with Gasteiger partial charge >= 0.3 is 0 Å². The van der Waals surface area contributed by atoms with E-state index in [2.05, 4.69) is 16.4 Å². The maximum absolute atomic E-state index is 13.5. The third-order valence-corrected chi connectivity index (χ3v) is 8.60. The van der Waals surface area contributed by atoms with Crippen molar-refractivity contribution in [3.05, 3.63) is 90.1 Å². The summed E-state index contributed by atoms with van der Waals surface area (Å²) in [6.07, 6.45) is 4.04. The fourth-order valence-electron chi connectivity index (χ4n) is 6.23. The summed E-state index contributed by atoms with van der Waals surface area (Å²) in [5.41, 5.74) is 5.25. The van der Waals surface area contributed by atoms with Gasteiger partial charge in [-0.05, 0) is 66.6 Å². The molecule has 3 heterocycles. The van der Waals surface area contributed by atoms with Gasteiger partial charge in [-0.2, -0.15) is 5.06 Å². The lowest BCUT2D eigenvalue weighted by atomic mass is 9.92. The molecular formula is C35H41N3O6. The zero-order chi connectivity index (χ0) is 30.5. The summed E-state index contributed by atoms with van der Waals surface area (Å²) in [7, 11) is 0. The Balaban J connectivity index is 1.10. The van der Waals surface area contributed by atoms with Crippen LogP contribution >= 0.6 is 0 Å². The topological polar surface area (TPSA) is 116 Å². The van der Waals surface area contributed by atoms with Crippen LogP contribution in [-0.2, 0) is 27.3 Å². The Morgan fingerprint density at radius 2 is 1.82 bits per heavy atom. The Labute approximate surface area is 257 Å². The predicted octanol–water partition coefficient (Wildman–Crippen LogP) is 4.57. The van der Waals surface area contributed by atoms with E-state index in [-0.39, 0.29) is 18.8 Å². The van der Waals surface area contributed by atoms with Crippen molar-refractivity contribution < 1.29 is 29.3 Å². The molecule has 0 aliphatic carbocycles. The van der Waals surface area contributed by atoms with Crippen molar-refractivity contribution in [3.63, 3.8) is 0 Å². The summed E-state index contributed by atoms with van der Waals surface area (Å²) in [5.74, 6) is -0.00738. The lowest BCUT2D eigenvalue weighted by Gasteiger charge is -2.24. The normalized spacial score (nSPS) is 23.1. The highest BCUT2D eigenvalue weighted by Crippen LogP contribution is 2.32. The van der Waals surface area contributed by atoms with E-state index in [0.717, 1.165) is 64.8 Å². The molecule has 0 bridgehead atoms. The molecule has 2 aliphatic heterocycles. The van der Waals surface area contributed by atoms with E-state index in [1.807, 2.05) is 72.9 Å². The van der Waals surface area contributed by atoms with Crippen molar-refractivity contribution in [2.45, 2.75) is 63.7 Å². The van der Waals surface area contributed by atoms with E-state index in [0.29, 0.717) is 19.5 Å². The Hall–Kier alpha value is -3.73. The lowest BCUT2D eigenvalue weighted by molar-refractivity contribution is -0.192. The molecule has 2 saturated heterocycles. The van der Waals surface area contributed by atoms with Gasteiger partial charge in [0.15, 0.2) is 6.29 Å². The largest absolute Gasteiger partial charge is 0.465 e. The minimum Gasteiger partial charge on any atom is -0.465 e. The molecule has 4 N–H and O–H groups in total. The number of nitrogens with one attached hydrogen (secondary N) is 2. The van der Waals surface area contributed by atoms with E-state index in [4.69, 9.17) is 14.3 Å². The molecule has 1 amide bonds. The molecular weight excluding hydrogens is 558 g/mol. The zero-order valence-corrected chi connectivity index (χ0v) is 25.0. The number of rotatable bonds is 11. The molecule has 232 valence electrons. The van der Waals surface area contributed by atoms with Crippen molar-refractivity contribution in [1.29, 1.82) is 0 Å². The van der Waals surface area contributed by atoms with Crippen LogP contribution < -0.4 is 10.1 Å². The summed E-state index contributed by atoms with van der Waals surface area (Å²) in [6, 6.07) is 23.4. The number of carbonyl (C=O) groups excluding carboxylic acids is 1. The Morgan fingerprint density at radius 1 is 1.07 bits per heavy atom. The average Bonchev–Trinajstić information content (AvgIpc) is 3.64. The van der Waals surface area contributed by atoms with Gasteiger partial charge in [-0.3, -0.25) is 9.63 Å². The second-order valence-corrected chi connectivity index (χ2v) is 11.7. The molecule has 4 aromatic rings. The van der Waals surface area contributed by atoms with Gasteiger partial charge in [-0.25, -0.2) is 0 Å². The van der Waals surface area contributed by atoms with E-state index in [9.17, 15) is 15.0 Å². The number of fused-ring (bicyclic) bond motifs is 1. The number of aliphatic hydroxyl groups excluding tert-OH is 2. The number of ether oxygens (including phenoxy) is 2. The van der Waals surface area contributed by atoms with Crippen LogP contribution in [0.5, 0.6) is 5.75 Å². The van der Waals surface area contributed by atoms with Crippen LogP contribution in [0.4, 0.5) is 0 Å². The first-order chi connectivity index (χ1) is 21.5. The van der Waals surface area contributed by atoms with Crippen LogP contribution in [0, 0.1) is 5.92 Å². The number of aromatic nitrogens is 1. The van der Waals surface area contributed by atoms with Gasteiger partial charge in [0.05, 0.1) is 25.9 Å². The number of hydrogen-bond donors (Lipinski definition) is 4. The molecule has 5 atom stereocenters. The zero-order valence-electron chi connectivity index (χ0n) is 25.0.